The lowest BCUT2D eigenvalue weighted by Crippen LogP contribution is -2.03. The van der Waals surface area contributed by atoms with Crippen molar-refractivity contribution >= 4 is 21.7 Å². The fourth-order valence-corrected chi connectivity index (χ4v) is 2.18. The molecule has 0 aliphatic carbocycles. The highest BCUT2D eigenvalue weighted by Crippen LogP contribution is 2.33. The summed E-state index contributed by atoms with van der Waals surface area (Å²) in [5, 5.41) is 12.2. The lowest BCUT2D eigenvalue weighted by atomic mass is 10.1. The molecule has 0 radical (unpaired) electrons. The van der Waals surface area contributed by atoms with Gasteiger partial charge >= 0.3 is 0 Å². The Morgan fingerprint density at radius 2 is 2.10 bits per heavy atom. The van der Waals surface area contributed by atoms with Crippen molar-refractivity contribution in [1.82, 2.24) is 9.97 Å². The smallest absolute Gasteiger partial charge is 0.238 e. The number of rotatable bonds is 6. The molecule has 5 nitrogen and oxygen atoms in total. The van der Waals surface area contributed by atoms with Crippen LogP contribution in [0.2, 0.25) is 0 Å². The maximum Gasteiger partial charge on any atom is 0.238 e. The molecule has 0 spiro atoms. The second kappa shape index (κ2) is 7.21. The predicted octanol–water partition coefficient (Wildman–Crippen LogP) is 3.00. The Bertz CT molecular complexity index is 578. The van der Waals surface area contributed by atoms with Crippen LogP contribution in [-0.4, -0.2) is 28.2 Å². The van der Waals surface area contributed by atoms with Crippen molar-refractivity contribution in [3.05, 3.63) is 40.6 Å². The highest BCUT2D eigenvalue weighted by atomic mass is 79.9. The van der Waals surface area contributed by atoms with Crippen molar-refractivity contribution in [2.75, 3.05) is 18.5 Å². The van der Waals surface area contributed by atoms with Gasteiger partial charge in [-0.3, -0.25) is 0 Å². The number of benzene rings is 1. The molecule has 6 heteroatoms. The van der Waals surface area contributed by atoms with Crippen molar-refractivity contribution in [3.63, 3.8) is 0 Å². The van der Waals surface area contributed by atoms with Gasteiger partial charge in [0.05, 0.1) is 0 Å². The number of nitrogens with zero attached hydrogens (tertiary/aromatic N) is 2. The number of hydrogen-bond donors (Lipinski definition) is 2. The summed E-state index contributed by atoms with van der Waals surface area (Å²) >= 11 is 3.44. The van der Waals surface area contributed by atoms with Gasteiger partial charge in [-0.25, -0.2) is 9.97 Å². The van der Waals surface area contributed by atoms with E-state index in [9.17, 15) is 0 Å². The van der Waals surface area contributed by atoms with Crippen LogP contribution >= 0.6 is 15.9 Å². The largest absolute Gasteiger partial charge is 0.437 e. The summed E-state index contributed by atoms with van der Waals surface area (Å²) in [6.45, 7) is 2.83. The maximum absolute atomic E-state index is 9.08. The van der Waals surface area contributed by atoms with Crippen LogP contribution in [0.5, 0.6) is 11.6 Å². The van der Waals surface area contributed by atoms with Gasteiger partial charge in [-0.1, -0.05) is 18.2 Å². The number of para-hydroxylation sites is 1. The average Bonchev–Trinajstić information content (AvgIpc) is 2.46. The number of ether oxygens (including phenoxy) is 1. The molecule has 2 N–H and O–H groups in total. The van der Waals surface area contributed by atoms with E-state index in [-0.39, 0.29) is 6.61 Å². The molecule has 1 aromatic carbocycles. The number of aliphatic hydroxyl groups is 1. The Hall–Kier alpha value is -1.66. The lowest BCUT2D eigenvalue weighted by molar-refractivity contribution is 0.297. The second-order valence-electron chi connectivity index (χ2n) is 4.06. The first-order valence-electron chi connectivity index (χ1n) is 6.37. The minimum Gasteiger partial charge on any atom is -0.437 e. The van der Waals surface area contributed by atoms with Gasteiger partial charge in [0.2, 0.25) is 5.88 Å². The zero-order chi connectivity index (χ0) is 14.4. The van der Waals surface area contributed by atoms with Crippen LogP contribution in [0.15, 0.2) is 35.1 Å². The summed E-state index contributed by atoms with van der Waals surface area (Å²) in [4.78, 5) is 8.27. The highest BCUT2D eigenvalue weighted by molar-refractivity contribution is 9.10. The zero-order valence-corrected chi connectivity index (χ0v) is 12.7. The molecule has 0 aliphatic rings. The molecule has 0 atom stereocenters. The molecule has 2 aromatic rings. The van der Waals surface area contributed by atoms with E-state index in [0.717, 1.165) is 12.1 Å². The van der Waals surface area contributed by atoms with Gasteiger partial charge < -0.3 is 15.2 Å². The molecule has 0 fully saturated rings. The number of halogens is 1. The molecule has 0 unspecified atom stereocenters. The topological polar surface area (TPSA) is 67.3 Å². The van der Waals surface area contributed by atoms with Crippen LogP contribution in [-0.2, 0) is 6.42 Å². The molecular weight excluding hydrogens is 322 g/mol. The third-order valence-corrected chi connectivity index (χ3v) is 3.38. The zero-order valence-electron chi connectivity index (χ0n) is 11.1. The van der Waals surface area contributed by atoms with Crippen molar-refractivity contribution in [3.8, 4) is 11.6 Å². The summed E-state index contributed by atoms with van der Waals surface area (Å²) in [5.74, 6) is 1.82. The van der Waals surface area contributed by atoms with E-state index in [0.29, 0.717) is 28.3 Å². The van der Waals surface area contributed by atoms with E-state index >= 15 is 0 Å². The Labute approximate surface area is 126 Å². The number of hydrogen-bond acceptors (Lipinski definition) is 5. The summed E-state index contributed by atoms with van der Waals surface area (Å²) < 4.78 is 6.51. The maximum atomic E-state index is 9.08. The fraction of sp³-hybridized carbons (Fsp3) is 0.286. The molecule has 0 saturated carbocycles. The molecule has 0 aliphatic heterocycles. The van der Waals surface area contributed by atoms with Gasteiger partial charge in [-0.05, 0) is 40.9 Å². The Morgan fingerprint density at radius 1 is 1.30 bits per heavy atom. The predicted molar refractivity (Wildman–Crippen MR) is 81.2 cm³/mol. The number of aromatic nitrogens is 2. The summed E-state index contributed by atoms with van der Waals surface area (Å²) in [7, 11) is 0. The van der Waals surface area contributed by atoms with Gasteiger partial charge in [-0.15, -0.1) is 0 Å². The summed E-state index contributed by atoms with van der Waals surface area (Å²) in [5.41, 5.74) is 0.936. The lowest BCUT2D eigenvalue weighted by Gasteiger charge is -2.12. The van der Waals surface area contributed by atoms with E-state index < -0.39 is 0 Å². The summed E-state index contributed by atoms with van der Waals surface area (Å²) in [6.07, 6.45) is 1.99. The third-order valence-electron chi connectivity index (χ3n) is 2.66. The molecule has 0 amide bonds. The standard InChI is InChI=1S/C14H16BrN3O2/c1-2-16-13-12(15)14(18-9-17-13)20-11-6-4-3-5-10(11)7-8-19/h3-6,9,19H,2,7-8H2,1H3,(H,16,17,18). The van der Waals surface area contributed by atoms with Gasteiger partial charge in [0.1, 0.15) is 22.4 Å². The van der Waals surface area contributed by atoms with E-state index in [4.69, 9.17) is 9.84 Å². The van der Waals surface area contributed by atoms with Gasteiger partial charge in [0.25, 0.3) is 0 Å². The summed E-state index contributed by atoms with van der Waals surface area (Å²) in [6, 6.07) is 7.58. The average molecular weight is 338 g/mol. The van der Waals surface area contributed by atoms with E-state index in [1.54, 1.807) is 0 Å². The Balaban J connectivity index is 2.28. The van der Waals surface area contributed by atoms with Crippen LogP contribution in [0, 0.1) is 0 Å². The number of nitrogens with one attached hydrogen (secondary N) is 1. The van der Waals surface area contributed by atoms with Crippen molar-refractivity contribution in [1.29, 1.82) is 0 Å². The van der Waals surface area contributed by atoms with E-state index in [1.807, 2.05) is 31.2 Å². The first kappa shape index (κ1) is 14.7. The second-order valence-corrected chi connectivity index (χ2v) is 4.85. The van der Waals surface area contributed by atoms with E-state index in [1.165, 1.54) is 6.33 Å². The highest BCUT2D eigenvalue weighted by Gasteiger charge is 2.12. The first-order chi connectivity index (χ1) is 9.76. The van der Waals surface area contributed by atoms with Crippen LogP contribution in [0.25, 0.3) is 0 Å². The van der Waals surface area contributed by atoms with Crippen LogP contribution < -0.4 is 10.1 Å². The molecule has 0 saturated heterocycles. The molecule has 1 heterocycles. The van der Waals surface area contributed by atoms with Gasteiger partial charge in [0.15, 0.2) is 0 Å². The van der Waals surface area contributed by atoms with E-state index in [2.05, 4.69) is 31.2 Å². The third kappa shape index (κ3) is 3.46. The first-order valence-corrected chi connectivity index (χ1v) is 7.16. The van der Waals surface area contributed by atoms with Crippen LogP contribution in [0.4, 0.5) is 5.82 Å². The van der Waals surface area contributed by atoms with Crippen LogP contribution in [0.3, 0.4) is 0 Å². The monoisotopic (exact) mass is 337 g/mol. The van der Waals surface area contributed by atoms with Gasteiger partial charge in [0, 0.05) is 13.2 Å². The fourth-order valence-electron chi connectivity index (χ4n) is 1.75. The quantitative estimate of drug-likeness (QED) is 0.848. The normalized spacial score (nSPS) is 10.3. The molecule has 1 aromatic heterocycles. The molecule has 0 bridgehead atoms. The molecule has 106 valence electrons. The Kier molecular flexibility index (Phi) is 5.31. The van der Waals surface area contributed by atoms with Crippen molar-refractivity contribution < 1.29 is 9.84 Å². The SMILES string of the molecule is CCNc1ncnc(Oc2ccccc2CCO)c1Br. The van der Waals surface area contributed by atoms with Crippen molar-refractivity contribution in [2.24, 2.45) is 0 Å². The molecular formula is C14H16BrN3O2. The number of aliphatic hydroxyl groups excluding tert-OH is 1. The van der Waals surface area contributed by atoms with Gasteiger partial charge in [-0.2, -0.15) is 0 Å². The van der Waals surface area contributed by atoms with Crippen LogP contribution in [0.1, 0.15) is 12.5 Å². The van der Waals surface area contributed by atoms with Crippen molar-refractivity contribution in [2.45, 2.75) is 13.3 Å². The number of anilines is 1. The minimum atomic E-state index is 0.0773. The molecule has 2 rings (SSSR count). The minimum absolute atomic E-state index is 0.0773. The molecule has 20 heavy (non-hydrogen) atoms. The Morgan fingerprint density at radius 3 is 2.85 bits per heavy atom.